The Kier molecular flexibility index (Phi) is 7.23. The van der Waals surface area contributed by atoms with Crippen molar-refractivity contribution in [3.05, 3.63) is 11.6 Å². The van der Waals surface area contributed by atoms with Gasteiger partial charge in [-0.05, 0) is 19.9 Å². The molecule has 1 rings (SSSR count). The normalized spacial score (nSPS) is 12.4. The van der Waals surface area contributed by atoms with Crippen LogP contribution in [0.15, 0.2) is 15.9 Å². The van der Waals surface area contributed by atoms with Gasteiger partial charge in [-0.25, -0.2) is 4.98 Å². The van der Waals surface area contributed by atoms with Crippen molar-refractivity contribution < 1.29 is 9.53 Å². The summed E-state index contributed by atoms with van der Waals surface area (Å²) in [6, 6.07) is -0.246. The molecule has 1 unspecified atom stereocenters. The van der Waals surface area contributed by atoms with Crippen molar-refractivity contribution in [2.24, 2.45) is 0 Å². The Balaban J connectivity index is 2.41. The van der Waals surface area contributed by atoms with E-state index in [2.05, 4.69) is 17.2 Å². The average Bonchev–Trinajstić information content (AvgIpc) is 2.82. The minimum Gasteiger partial charge on any atom is -0.465 e. The van der Waals surface area contributed by atoms with Gasteiger partial charge in [0.1, 0.15) is 10.4 Å². The molecule has 0 radical (unpaired) electrons. The van der Waals surface area contributed by atoms with Gasteiger partial charge in [-0.3, -0.25) is 4.79 Å². The Morgan fingerprint density at radius 2 is 2.47 bits per heavy atom. The number of carbonyl (C=O) groups is 1. The van der Waals surface area contributed by atoms with E-state index in [1.165, 1.54) is 0 Å². The van der Waals surface area contributed by atoms with Crippen LogP contribution in [-0.2, 0) is 9.53 Å². The molecule has 0 saturated heterocycles. The molecular formula is C11H18N2O2S2. The van der Waals surface area contributed by atoms with Gasteiger partial charge in [-0.15, -0.1) is 11.3 Å². The summed E-state index contributed by atoms with van der Waals surface area (Å²) in [6.07, 6.45) is 2.77. The highest BCUT2D eigenvalue weighted by atomic mass is 32.2. The molecule has 1 N–H and O–H groups in total. The molecular weight excluding hydrogens is 256 g/mol. The maximum absolute atomic E-state index is 11.7. The molecule has 0 aliphatic heterocycles. The number of rotatable bonds is 8. The maximum atomic E-state index is 11.7. The molecule has 0 amide bonds. The molecule has 4 nitrogen and oxygen atoms in total. The zero-order chi connectivity index (χ0) is 12.5. The lowest BCUT2D eigenvalue weighted by molar-refractivity contribution is -0.144. The fraction of sp³-hybridized carbons (Fsp3) is 0.636. The second-order valence-corrected chi connectivity index (χ2v) is 5.53. The summed E-state index contributed by atoms with van der Waals surface area (Å²) in [6.45, 7) is 5.14. The van der Waals surface area contributed by atoms with Gasteiger partial charge in [0.25, 0.3) is 0 Å². The molecule has 0 bridgehead atoms. The van der Waals surface area contributed by atoms with E-state index >= 15 is 0 Å². The molecule has 0 aliphatic carbocycles. The van der Waals surface area contributed by atoms with Gasteiger partial charge in [0.2, 0.25) is 0 Å². The second kappa shape index (κ2) is 8.49. The third-order valence-electron chi connectivity index (χ3n) is 1.99. The highest BCUT2D eigenvalue weighted by Gasteiger charge is 2.19. The number of hydrogen-bond donors (Lipinski definition) is 1. The van der Waals surface area contributed by atoms with Gasteiger partial charge >= 0.3 is 5.97 Å². The summed E-state index contributed by atoms with van der Waals surface area (Å²) >= 11 is 3.17. The molecule has 1 heterocycles. The van der Waals surface area contributed by atoms with E-state index in [9.17, 15) is 4.79 Å². The van der Waals surface area contributed by atoms with Crippen molar-refractivity contribution in [2.45, 2.75) is 30.6 Å². The maximum Gasteiger partial charge on any atom is 0.323 e. The largest absolute Gasteiger partial charge is 0.465 e. The molecule has 0 spiro atoms. The van der Waals surface area contributed by atoms with E-state index < -0.39 is 0 Å². The minimum absolute atomic E-state index is 0.176. The van der Waals surface area contributed by atoms with Crippen LogP contribution in [0.4, 0.5) is 0 Å². The Hall–Kier alpha value is -0.590. The first-order chi connectivity index (χ1) is 8.27. The van der Waals surface area contributed by atoms with E-state index in [1.807, 2.05) is 12.3 Å². The zero-order valence-corrected chi connectivity index (χ0v) is 11.8. The summed E-state index contributed by atoms with van der Waals surface area (Å²) in [5, 5.41) is 5.13. The molecule has 96 valence electrons. The van der Waals surface area contributed by atoms with Gasteiger partial charge in [0, 0.05) is 17.3 Å². The van der Waals surface area contributed by atoms with Crippen molar-refractivity contribution >= 4 is 29.1 Å². The van der Waals surface area contributed by atoms with Crippen LogP contribution in [0.2, 0.25) is 0 Å². The minimum atomic E-state index is -0.246. The highest BCUT2D eigenvalue weighted by molar-refractivity contribution is 8.01. The molecule has 0 aromatic carbocycles. The van der Waals surface area contributed by atoms with E-state index in [0.29, 0.717) is 12.4 Å². The van der Waals surface area contributed by atoms with Crippen LogP contribution >= 0.6 is 23.1 Å². The lowest BCUT2D eigenvalue weighted by Crippen LogP contribution is -2.40. The Labute approximate surface area is 110 Å². The van der Waals surface area contributed by atoms with Crippen molar-refractivity contribution in [1.29, 1.82) is 0 Å². The van der Waals surface area contributed by atoms with Crippen LogP contribution in [0.1, 0.15) is 20.3 Å². The Bertz CT molecular complexity index is 317. The average molecular weight is 274 g/mol. The number of nitrogens with one attached hydrogen (secondary N) is 1. The molecule has 0 aliphatic rings. The second-order valence-electron chi connectivity index (χ2n) is 3.37. The number of thiazole rings is 1. The zero-order valence-electron chi connectivity index (χ0n) is 10.1. The van der Waals surface area contributed by atoms with Crippen LogP contribution < -0.4 is 5.32 Å². The van der Waals surface area contributed by atoms with Crippen LogP contribution in [0, 0.1) is 0 Å². The number of aromatic nitrogens is 1. The monoisotopic (exact) mass is 274 g/mol. The fourth-order valence-corrected chi connectivity index (χ4v) is 2.91. The summed E-state index contributed by atoms with van der Waals surface area (Å²) in [7, 11) is 0. The Morgan fingerprint density at radius 3 is 3.06 bits per heavy atom. The first-order valence-corrected chi connectivity index (χ1v) is 7.56. The van der Waals surface area contributed by atoms with Crippen LogP contribution in [0.25, 0.3) is 0 Å². The third-order valence-corrected chi connectivity index (χ3v) is 4.05. The lowest BCUT2D eigenvalue weighted by Gasteiger charge is -2.15. The number of thioether (sulfide) groups is 1. The molecule has 1 aromatic heterocycles. The molecule has 0 fully saturated rings. The number of esters is 1. The summed E-state index contributed by atoms with van der Waals surface area (Å²) in [5.41, 5.74) is 0. The van der Waals surface area contributed by atoms with Gasteiger partial charge in [-0.2, -0.15) is 0 Å². The van der Waals surface area contributed by atoms with E-state index in [1.54, 1.807) is 29.3 Å². The highest BCUT2D eigenvalue weighted by Crippen LogP contribution is 2.21. The van der Waals surface area contributed by atoms with Crippen molar-refractivity contribution in [1.82, 2.24) is 10.3 Å². The smallest absolute Gasteiger partial charge is 0.323 e. The van der Waals surface area contributed by atoms with Crippen LogP contribution in [0.3, 0.4) is 0 Å². The van der Waals surface area contributed by atoms with Gasteiger partial charge in [-0.1, -0.05) is 18.7 Å². The molecule has 17 heavy (non-hydrogen) atoms. The van der Waals surface area contributed by atoms with Crippen LogP contribution in [-0.4, -0.2) is 35.9 Å². The van der Waals surface area contributed by atoms with Crippen molar-refractivity contribution in [3.63, 3.8) is 0 Å². The number of ether oxygens (including phenoxy) is 1. The number of carbonyl (C=O) groups excluding carboxylic acids is 1. The predicted octanol–water partition coefficient (Wildman–Crippen LogP) is 2.17. The fourth-order valence-electron chi connectivity index (χ4n) is 1.21. The number of hydrogen-bond acceptors (Lipinski definition) is 6. The third kappa shape index (κ3) is 5.52. The van der Waals surface area contributed by atoms with E-state index in [0.717, 1.165) is 17.3 Å². The summed E-state index contributed by atoms with van der Waals surface area (Å²) in [5.74, 6) is 0.483. The van der Waals surface area contributed by atoms with Crippen molar-refractivity contribution in [2.75, 3.05) is 18.9 Å². The Morgan fingerprint density at radius 1 is 1.65 bits per heavy atom. The quantitative estimate of drug-likeness (QED) is 0.581. The molecule has 0 saturated carbocycles. The number of nitrogens with zero attached hydrogens (tertiary/aromatic N) is 1. The summed E-state index contributed by atoms with van der Waals surface area (Å²) in [4.78, 5) is 15.9. The molecule has 6 heteroatoms. The first-order valence-electron chi connectivity index (χ1n) is 5.70. The van der Waals surface area contributed by atoms with E-state index in [-0.39, 0.29) is 12.0 Å². The SMILES string of the molecule is CCCNC(CSc1nccs1)C(=O)OCC. The van der Waals surface area contributed by atoms with Gasteiger partial charge in [0.05, 0.1) is 6.61 Å². The van der Waals surface area contributed by atoms with Crippen LogP contribution in [0.5, 0.6) is 0 Å². The first kappa shape index (κ1) is 14.5. The van der Waals surface area contributed by atoms with E-state index in [4.69, 9.17) is 4.74 Å². The lowest BCUT2D eigenvalue weighted by atomic mass is 10.3. The molecule has 1 atom stereocenters. The van der Waals surface area contributed by atoms with Crippen molar-refractivity contribution in [3.8, 4) is 0 Å². The standard InChI is InChI=1S/C11H18N2O2S2/c1-3-5-12-9(10(14)15-4-2)8-17-11-13-6-7-16-11/h6-7,9,12H,3-5,8H2,1-2H3. The molecule has 1 aromatic rings. The predicted molar refractivity (Wildman–Crippen MR) is 71.6 cm³/mol. The van der Waals surface area contributed by atoms with Gasteiger partial charge in [0.15, 0.2) is 0 Å². The van der Waals surface area contributed by atoms with Gasteiger partial charge < -0.3 is 10.1 Å². The summed E-state index contributed by atoms with van der Waals surface area (Å²) < 4.78 is 6.02. The topological polar surface area (TPSA) is 51.2 Å².